The maximum absolute atomic E-state index is 6.52. The molecule has 1 aliphatic carbocycles. The minimum atomic E-state index is 0.122. The lowest BCUT2D eigenvalue weighted by Gasteiger charge is -2.19. The van der Waals surface area contributed by atoms with Gasteiger partial charge in [0.05, 0.1) is 25.6 Å². The second kappa shape index (κ2) is 9.77. The second-order valence-corrected chi connectivity index (χ2v) is 8.20. The van der Waals surface area contributed by atoms with Crippen LogP contribution < -0.4 is 25.8 Å². The van der Waals surface area contributed by atoms with Gasteiger partial charge in [-0.2, -0.15) is 0 Å². The highest BCUT2D eigenvalue weighted by atomic mass is 35.5. The van der Waals surface area contributed by atoms with Crippen molar-refractivity contribution in [2.75, 3.05) is 24.9 Å². The van der Waals surface area contributed by atoms with E-state index in [1.165, 1.54) is 20.5 Å². The Hall–Kier alpha value is -2.81. The van der Waals surface area contributed by atoms with Crippen LogP contribution in [0.3, 0.4) is 0 Å². The van der Waals surface area contributed by atoms with Crippen molar-refractivity contribution in [3.05, 3.63) is 46.8 Å². The summed E-state index contributed by atoms with van der Waals surface area (Å²) in [6, 6.07) is 7.57. The quantitative estimate of drug-likeness (QED) is 0.443. The molecule has 1 aromatic carbocycles. The number of nitrogens with one attached hydrogen (secondary N) is 2. The summed E-state index contributed by atoms with van der Waals surface area (Å²) in [5, 5.41) is 7.28. The summed E-state index contributed by atoms with van der Waals surface area (Å²) >= 11 is 13.0. The lowest BCUT2D eigenvalue weighted by Crippen LogP contribution is -2.35. The van der Waals surface area contributed by atoms with Gasteiger partial charge in [-0.05, 0) is 31.4 Å². The molecule has 3 aromatic rings. The number of aromatic nitrogens is 3. The third-order valence-electron chi connectivity index (χ3n) is 5.47. The topological polar surface area (TPSA) is 107 Å². The van der Waals surface area contributed by atoms with Gasteiger partial charge in [-0.15, -0.1) is 0 Å². The molecule has 4 N–H and O–H groups in total. The van der Waals surface area contributed by atoms with Gasteiger partial charge in [-0.3, -0.25) is 0 Å². The van der Waals surface area contributed by atoms with E-state index in [1.807, 2.05) is 18.2 Å². The number of benzene rings is 1. The summed E-state index contributed by atoms with van der Waals surface area (Å²) in [6.07, 6.45) is 6.33. The van der Waals surface area contributed by atoms with E-state index in [-0.39, 0.29) is 12.1 Å². The molecule has 2 heterocycles. The normalized spacial score (nSPS) is 17.8. The number of methoxy groups -OCH3 is 2. The average Bonchev–Trinajstić information content (AvgIpc) is 3.21. The first-order valence-electron chi connectivity index (χ1n) is 10.2. The van der Waals surface area contributed by atoms with E-state index in [2.05, 4.69) is 25.6 Å². The lowest BCUT2D eigenvalue weighted by molar-refractivity contribution is 0.395. The maximum Gasteiger partial charge on any atom is 0.143 e. The van der Waals surface area contributed by atoms with E-state index >= 15 is 0 Å². The number of pyridine rings is 1. The number of ether oxygens (including phenoxy) is 2. The summed E-state index contributed by atoms with van der Waals surface area (Å²) in [6.45, 7) is 0. The molecule has 1 fully saturated rings. The van der Waals surface area contributed by atoms with E-state index in [4.69, 9.17) is 38.4 Å². The molecule has 0 aliphatic heterocycles. The molecule has 1 saturated carbocycles. The van der Waals surface area contributed by atoms with Crippen molar-refractivity contribution in [1.82, 2.24) is 15.0 Å². The predicted molar refractivity (Wildman–Crippen MR) is 127 cm³/mol. The molecule has 10 heteroatoms. The Kier molecular flexibility index (Phi) is 6.83. The molecular formula is C22H24Cl2N6O2. The highest BCUT2D eigenvalue weighted by molar-refractivity contribution is 6.41. The SMILES string of the molecule is COc1cc(OC)c(Cl)c(Nc2ncccc2-c2cc(N[C@H]3CCC[C@@H]3N)ncn2)c1Cl. The Morgan fingerprint density at radius 1 is 1.03 bits per heavy atom. The molecule has 0 spiro atoms. The van der Waals surface area contributed by atoms with Crippen LogP contribution in [-0.4, -0.2) is 41.3 Å². The Morgan fingerprint density at radius 3 is 2.44 bits per heavy atom. The smallest absolute Gasteiger partial charge is 0.143 e. The Labute approximate surface area is 196 Å². The van der Waals surface area contributed by atoms with Gasteiger partial charge in [0.15, 0.2) is 0 Å². The lowest BCUT2D eigenvalue weighted by atomic mass is 10.1. The fraction of sp³-hybridized carbons (Fsp3) is 0.318. The molecule has 2 atom stereocenters. The molecule has 0 saturated heterocycles. The van der Waals surface area contributed by atoms with Crippen LogP contribution in [0.25, 0.3) is 11.3 Å². The van der Waals surface area contributed by atoms with E-state index in [0.717, 1.165) is 24.8 Å². The van der Waals surface area contributed by atoms with Crippen LogP contribution in [0.1, 0.15) is 19.3 Å². The van der Waals surface area contributed by atoms with Crippen LogP contribution in [-0.2, 0) is 0 Å². The van der Waals surface area contributed by atoms with Gasteiger partial charge >= 0.3 is 0 Å². The van der Waals surface area contributed by atoms with Crippen LogP contribution in [0.15, 0.2) is 36.8 Å². The van der Waals surface area contributed by atoms with Crippen molar-refractivity contribution >= 4 is 40.5 Å². The molecule has 4 rings (SSSR count). The first-order valence-corrected chi connectivity index (χ1v) is 10.9. The first-order chi connectivity index (χ1) is 15.5. The molecule has 0 radical (unpaired) electrons. The summed E-state index contributed by atoms with van der Waals surface area (Å²) in [5.74, 6) is 2.09. The number of anilines is 3. The van der Waals surface area contributed by atoms with Crippen molar-refractivity contribution in [2.24, 2.45) is 5.73 Å². The predicted octanol–water partition coefficient (Wildman–Crippen LogP) is 4.90. The maximum atomic E-state index is 6.52. The van der Waals surface area contributed by atoms with Gasteiger partial charge in [0, 0.05) is 36.0 Å². The van der Waals surface area contributed by atoms with Crippen molar-refractivity contribution in [1.29, 1.82) is 0 Å². The summed E-state index contributed by atoms with van der Waals surface area (Å²) < 4.78 is 10.7. The van der Waals surface area contributed by atoms with Gasteiger partial charge in [0.1, 0.15) is 39.5 Å². The zero-order valence-electron chi connectivity index (χ0n) is 17.7. The molecule has 32 heavy (non-hydrogen) atoms. The standard InChI is InChI=1S/C22H24Cl2N6O2/c1-31-16-10-17(32-2)20(24)21(19(16)23)30-22-12(5-4-8-26-22)15-9-18(28-11-27-15)29-14-7-3-6-13(14)25/h4-5,8-11,13-14H,3,6-7,25H2,1-2H3,(H,26,30)(H,27,28,29)/t13-,14-/m0/s1. The van der Waals surface area contributed by atoms with Crippen molar-refractivity contribution in [3.8, 4) is 22.8 Å². The molecule has 0 unspecified atom stereocenters. The van der Waals surface area contributed by atoms with Crippen LogP contribution in [0.2, 0.25) is 10.0 Å². The molecular weight excluding hydrogens is 451 g/mol. The number of nitrogens with two attached hydrogens (primary N) is 1. The van der Waals surface area contributed by atoms with Crippen LogP contribution in [0, 0.1) is 0 Å². The monoisotopic (exact) mass is 474 g/mol. The van der Waals surface area contributed by atoms with Crippen molar-refractivity contribution < 1.29 is 9.47 Å². The van der Waals surface area contributed by atoms with Gasteiger partial charge in [-0.1, -0.05) is 23.2 Å². The van der Waals surface area contributed by atoms with E-state index < -0.39 is 0 Å². The van der Waals surface area contributed by atoms with Gasteiger partial charge in [0.25, 0.3) is 0 Å². The number of halogens is 2. The third-order valence-corrected chi connectivity index (χ3v) is 6.22. The number of nitrogens with zero attached hydrogens (tertiary/aromatic N) is 3. The molecule has 2 aromatic heterocycles. The highest BCUT2D eigenvalue weighted by Crippen LogP contribution is 2.45. The van der Waals surface area contributed by atoms with Crippen LogP contribution in [0.5, 0.6) is 11.5 Å². The van der Waals surface area contributed by atoms with Crippen LogP contribution >= 0.6 is 23.2 Å². The number of hydrogen-bond acceptors (Lipinski definition) is 8. The zero-order chi connectivity index (χ0) is 22.7. The Morgan fingerprint density at radius 2 is 1.78 bits per heavy atom. The Balaban J connectivity index is 1.69. The average molecular weight is 475 g/mol. The number of rotatable bonds is 7. The minimum absolute atomic E-state index is 0.122. The molecule has 1 aliphatic rings. The number of hydrogen-bond donors (Lipinski definition) is 3. The fourth-order valence-corrected chi connectivity index (χ4v) is 4.36. The van der Waals surface area contributed by atoms with E-state index in [1.54, 1.807) is 12.3 Å². The first kappa shape index (κ1) is 22.4. The minimum Gasteiger partial charge on any atom is -0.495 e. The van der Waals surface area contributed by atoms with Crippen molar-refractivity contribution in [3.63, 3.8) is 0 Å². The van der Waals surface area contributed by atoms with Crippen LogP contribution in [0.4, 0.5) is 17.3 Å². The summed E-state index contributed by atoms with van der Waals surface area (Å²) in [7, 11) is 3.05. The molecule has 0 amide bonds. The van der Waals surface area contributed by atoms with E-state index in [9.17, 15) is 0 Å². The second-order valence-electron chi connectivity index (χ2n) is 7.44. The molecule has 168 valence electrons. The van der Waals surface area contributed by atoms with Gasteiger partial charge in [0.2, 0.25) is 0 Å². The summed E-state index contributed by atoms with van der Waals surface area (Å²) in [5.41, 5.74) is 8.05. The van der Waals surface area contributed by atoms with Crippen molar-refractivity contribution in [2.45, 2.75) is 31.3 Å². The Bertz CT molecular complexity index is 1090. The molecule has 0 bridgehead atoms. The van der Waals surface area contributed by atoms with Gasteiger partial charge < -0.3 is 25.8 Å². The van der Waals surface area contributed by atoms with Gasteiger partial charge in [-0.25, -0.2) is 15.0 Å². The van der Waals surface area contributed by atoms with E-state index in [0.29, 0.717) is 44.6 Å². The largest absolute Gasteiger partial charge is 0.495 e. The summed E-state index contributed by atoms with van der Waals surface area (Å²) in [4.78, 5) is 13.3. The molecule has 8 nitrogen and oxygen atoms in total. The fourth-order valence-electron chi connectivity index (χ4n) is 3.77. The third kappa shape index (κ3) is 4.53. The highest BCUT2D eigenvalue weighted by Gasteiger charge is 2.24. The zero-order valence-corrected chi connectivity index (χ0v) is 19.2.